The lowest BCUT2D eigenvalue weighted by Crippen LogP contribution is -2.51. The monoisotopic (exact) mass is 268 g/mol. The Labute approximate surface area is 114 Å². The molecule has 2 N–H and O–H groups in total. The minimum Gasteiger partial charge on any atom is -0.394 e. The molecule has 2 amide bonds. The fraction of sp³-hybridized carbons (Fsp3) is 0.857. The molecule has 1 saturated heterocycles. The highest BCUT2D eigenvalue weighted by molar-refractivity contribution is 5.90. The lowest BCUT2D eigenvalue weighted by atomic mass is 10.0. The fourth-order valence-corrected chi connectivity index (χ4v) is 2.57. The van der Waals surface area contributed by atoms with E-state index >= 15 is 0 Å². The van der Waals surface area contributed by atoms with Gasteiger partial charge in [-0.3, -0.25) is 9.59 Å². The van der Waals surface area contributed by atoms with Gasteiger partial charge < -0.3 is 15.3 Å². The molecule has 1 aliphatic heterocycles. The van der Waals surface area contributed by atoms with Crippen LogP contribution in [0.5, 0.6) is 0 Å². The highest BCUT2D eigenvalue weighted by Crippen LogP contribution is 2.33. The Morgan fingerprint density at radius 3 is 2.53 bits per heavy atom. The number of likely N-dealkylation sites (tertiary alicyclic amines) is 1. The zero-order valence-electron chi connectivity index (χ0n) is 11.8. The first-order chi connectivity index (χ1) is 9.04. The summed E-state index contributed by atoms with van der Waals surface area (Å²) in [7, 11) is 0. The molecule has 0 aromatic carbocycles. The number of rotatable bonds is 5. The van der Waals surface area contributed by atoms with Gasteiger partial charge >= 0.3 is 0 Å². The van der Waals surface area contributed by atoms with E-state index in [0.29, 0.717) is 6.54 Å². The number of carbonyl (C=O) groups excluding carboxylic acids is 2. The standard InChI is InChI=1S/C14H24N2O3/c1-9(2)11(8-17)15-13(18)12-4-3-7-16(12)14(19)10-5-6-10/h9-12,17H,3-8H2,1-2H3,(H,15,18). The SMILES string of the molecule is CC(C)C(CO)NC(=O)C1CCCN1C(=O)C1CC1. The minimum atomic E-state index is -0.333. The van der Waals surface area contributed by atoms with Gasteiger partial charge in [0.1, 0.15) is 6.04 Å². The molecule has 5 nitrogen and oxygen atoms in total. The molecule has 2 atom stereocenters. The summed E-state index contributed by atoms with van der Waals surface area (Å²) >= 11 is 0. The number of nitrogens with zero attached hydrogens (tertiary/aromatic N) is 1. The summed E-state index contributed by atoms with van der Waals surface area (Å²) < 4.78 is 0. The first-order valence-corrected chi connectivity index (χ1v) is 7.26. The van der Waals surface area contributed by atoms with Crippen LogP contribution in [0, 0.1) is 11.8 Å². The summed E-state index contributed by atoms with van der Waals surface area (Å²) in [5.41, 5.74) is 0. The summed E-state index contributed by atoms with van der Waals surface area (Å²) in [5.74, 6) is 0.372. The van der Waals surface area contributed by atoms with E-state index in [0.717, 1.165) is 25.7 Å². The van der Waals surface area contributed by atoms with Crippen molar-refractivity contribution in [2.45, 2.75) is 51.6 Å². The van der Waals surface area contributed by atoms with Gasteiger partial charge in [-0.2, -0.15) is 0 Å². The summed E-state index contributed by atoms with van der Waals surface area (Å²) in [6.45, 7) is 4.55. The van der Waals surface area contributed by atoms with Crippen LogP contribution in [0.1, 0.15) is 39.5 Å². The van der Waals surface area contributed by atoms with E-state index in [2.05, 4.69) is 5.32 Å². The highest BCUT2D eigenvalue weighted by Gasteiger charge is 2.41. The van der Waals surface area contributed by atoms with Crippen molar-refractivity contribution < 1.29 is 14.7 Å². The second-order valence-corrected chi connectivity index (χ2v) is 6.01. The van der Waals surface area contributed by atoms with Gasteiger partial charge in [0.15, 0.2) is 0 Å². The van der Waals surface area contributed by atoms with Crippen LogP contribution in [0.15, 0.2) is 0 Å². The van der Waals surface area contributed by atoms with Crippen molar-refractivity contribution >= 4 is 11.8 Å². The summed E-state index contributed by atoms with van der Waals surface area (Å²) in [4.78, 5) is 26.1. The van der Waals surface area contributed by atoms with Crippen molar-refractivity contribution in [3.05, 3.63) is 0 Å². The topological polar surface area (TPSA) is 69.6 Å². The van der Waals surface area contributed by atoms with Crippen molar-refractivity contribution in [3.8, 4) is 0 Å². The van der Waals surface area contributed by atoms with Crippen LogP contribution in [-0.4, -0.2) is 47.1 Å². The average molecular weight is 268 g/mol. The third kappa shape index (κ3) is 3.26. The number of aliphatic hydroxyl groups excluding tert-OH is 1. The second kappa shape index (κ2) is 5.90. The zero-order chi connectivity index (χ0) is 14.0. The van der Waals surface area contributed by atoms with Crippen LogP contribution in [0.4, 0.5) is 0 Å². The lowest BCUT2D eigenvalue weighted by Gasteiger charge is -2.27. The Morgan fingerprint density at radius 2 is 2.00 bits per heavy atom. The summed E-state index contributed by atoms with van der Waals surface area (Å²) in [6, 6.07) is -0.563. The van der Waals surface area contributed by atoms with Gasteiger partial charge in [0.25, 0.3) is 0 Å². The van der Waals surface area contributed by atoms with Crippen molar-refractivity contribution in [2.75, 3.05) is 13.2 Å². The molecule has 2 aliphatic rings. The molecule has 0 spiro atoms. The molecule has 2 unspecified atom stereocenters. The predicted octanol–water partition coefficient (Wildman–Crippen LogP) is 0.520. The van der Waals surface area contributed by atoms with Gasteiger partial charge in [-0.05, 0) is 31.6 Å². The maximum atomic E-state index is 12.3. The molecule has 2 rings (SSSR count). The van der Waals surface area contributed by atoms with Crippen molar-refractivity contribution in [3.63, 3.8) is 0 Å². The van der Waals surface area contributed by atoms with E-state index in [4.69, 9.17) is 0 Å². The Bertz CT molecular complexity index is 353. The van der Waals surface area contributed by atoms with Gasteiger partial charge in [0.2, 0.25) is 11.8 Å². The zero-order valence-corrected chi connectivity index (χ0v) is 11.8. The minimum absolute atomic E-state index is 0.0628. The molecule has 2 fully saturated rings. The summed E-state index contributed by atoms with van der Waals surface area (Å²) in [6.07, 6.45) is 3.56. The smallest absolute Gasteiger partial charge is 0.243 e. The second-order valence-electron chi connectivity index (χ2n) is 6.01. The maximum Gasteiger partial charge on any atom is 0.243 e. The molecule has 0 aromatic heterocycles. The van der Waals surface area contributed by atoms with Gasteiger partial charge in [-0.15, -0.1) is 0 Å². The first kappa shape index (κ1) is 14.3. The number of nitrogens with one attached hydrogen (secondary N) is 1. The van der Waals surface area contributed by atoms with Gasteiger partial charge in [0, 0.05) is 12.5 Å². The van der Waals surface area contributed by atoms with Gasteiger partial charge in [0.05, 0.1) is 12.6 Å². The largest absolute Gasteiger partial charge is 0.394 e. The summed E-state index contributed by atoms with van der Waals surface area (Å²) in [5, 5.41) is 12.1. The Balaban J connectivity index is 1.95. The average Bonchev–Trinajstić information content (AvgIpc) is 3.11. The van der Waals surface area contributed by atoms with E-state index in [1.807, 2.05) is 13.8 Å². The maximum absolute atomic E-state index is 12.3. The number of hydrogen-bond acceptors (Lipinski definition) is 3. The molecule has 108 valence electrons. The van der Waals surface area contributed by atoms with E-state index < -0.39 is 0 Å². The third-order valence-electron chi connectivity index (χ3n) is 4.09. The number of carbonyl (C=O) groups is 2. The molecule has 1 heterocycles. The lowest BCUT2D eigenvalue weighted by molar-refractivity contribution is -0.139. The molecule has 19 heavy (non-hydrogen) atoms. The highest BCUT2D eigenvalue weighted by atomic mass is 16.3. The Hall–Kier alpha value is -1.10. The van der Waals surface area contributed by atoms with Crippen LogP contribution >= 0.6 is 0 Å². The first-order valence-electron chi connectivity index (χ1n) is 7.26. The van der Waals surface area contributed by atoms with Crippen molar-refractivity contribution in [1.82, 2.24) is 10.2 Å². The van der Waals surface area contributed by atoms with Crippen molar-refractivity contribution in [2.24, 2.45) is 11.8 Å². The van der Waals surface area contributed by atoms with E-state index in [-0.39, 0.29) is 42.3 Å². The van der Waals surface area contributed by atoms with Crippen LogP contribution in [0.2, 0.25) is 0 Å². The number of amides is 2. The van der Waals surface area contributed by atoms with Gasteiger partial charge in [-0.25, -0.2) is 0 Å². The molecule has 1 saturated carbocycles. The van der Waals surface area contributed by atoms with Crippen molar-refractivity contribution in [1.29, 1.82) is 0 Å². The number of hydrogen-bond donors (Lipinski definition) is 2. The Kier molecular flexibility index (Phi) is 4.45. The molecule has 0 bridgehead atoms. The van der Waals surface area contributed by atoms with E-state index in [1.54, 1.807) is 4.90 Å². The molecule has 0 radical (unpaired) electrons. The van der Waals surface area contributed by atoms with Crippen LogP contribution in [-0.2, 0) is 9.59 Å². The van der Waals surface area contributed by atoms with E-state index in [9.17, 15) is 14.7 Å². The molecular weight excluding hydrogens is 244 g/mol. The van der Waals surface area contributed by atoms with Gasteiger partial charge in [-0.1, -0.05) is 13.8 Å². The molecule has 0 aromatic rings. The van der Waals surface area contributed by atoms with E-state index in [1.165, 1.54) is 0 Å². The van der Waals surface area contributed by atoms with Crippen LogP contribution < -0.4 is 5.32 Å². The van der Waals surface area contributed by atoms with Crippen LogP contribution in [0.3, 0.4) is 0 Å². The molecule has 1 aliphatic carbocycles. The normalized spacial score (nSPS) is 24.6. The molecular formula is C14H24N2O3. The number of aliphatic hydroxyl groups is 1. The third-order valence-corrected chi connectivity index (χ3v) is 4.09. The predicted molar refractivity (Wildman–Crippen MR) is 71.3 cm³/mol. The quantitative estimate of drug-likeness (QED) is 0.764. The Morgan fingerprint density at radius 1 is 1.32 bits per heavy atom. The molecule has 5 heteroatoms. The van der Waals surface area contributed by atoms with Crippen LogP contribution in [0.25, 0.3) is 0 Å². The fourth-order valence-electron chi connectivity index (χ4n) is 2.57.